The van der Waals surface area contributed by atoms with Crippen LogP contribution in [0.2, 0.25) is 0 Å². The van der Waals surface area contributed by atoms with Crippen molar-refractivity contribution in [3.8, 4) is 0 Å². The highest BCUT2D eigenvalue weighted by Gasteiger charge is 2.14. The third kappa shape index (κ3) is 3.30. The van der Waals surface area contributed by atoms with E-state index in [2.05, 4.69) is 14.9 Å². The van der Waals surface area contributed by atoms with Crippen LogP contribution in [0.4, 0.5) is 4.79 Å². The van der Waals surface area contributed by atoms with E-state index < -0.39 is 6.09 Å². The summed E-state index contributed by atoms with van der Waals surface area (Å²) >= 11 is 0. The third-order valence-electron chi connectivity index (χ3n) is 3.92. The van der Waals surface area contributed by atoms with Crippen molar-refractivity contribution in [3.63, 3.8) is 0 Å². The van der Waals surface area contributed by atoms with Crippen molar-refractivity contribution in [1.29, 1.82) is 0 Å². The number of carbonyl (C=O) groups is 1. The maximum Gasteiger partial charge on any atom is 0.404 e. The molecule has 0 atom stereocenters. The van der Waals surface area contributed by atoms with Crippen molar-refractivity contribution in [2.24, 2.45) is 0 Å². The molecule has 0 saturated heterocycles. The molecule has 0 fully saturated rings. The van der Waals surface area contributed by atoms with Gasteiger partial charge in [-0.3, -0.25) is 4.98 Å². The number of benzene rings is 1. The van der Waals surface area contributed by atoms with Crippen LogP contribution in [-0.2, 0) is 17.7 Å². The minimum Gasteiger partial charge on any atom is -0.465 e. The molecule has 0 aliphatic heterocycles. The van der Waals surface area contributed by atoms with Gasteiger partial charge in [-0.2, -0.15) is 0 Å². The summed E-state index contributed by atoms with van der Waals surface area (Å²) in [6.07, 6.45) is 2.18. The Hall–Kier alpha value is -2.67. The lowest BCUT2D eigenvalue weighted by molar-refractivity contribution is 0.194. The highest BCUT2D eigenvalue weighted by Crippen LogP contribution is 2.25. The number of ether oxygens (including phenoxy) is 1. The fourth-order valence-electron chi connectivity index (χ4n) is 2.87. The van der Waals surface area contributed by atoms with E-state index in [0.717, 1.165) is 27.8 Å². The Morgan fingerprint density at radius 1 is 1.33 bits per heavy atom. The zero-order valence-electron chi connectivity index (χ0n) is 13.5. The van der Waals surface area contributed by atoms with Gasteiger partial charge >= 0.3 is 6.09 Å². The van der Waals surface area contributed by atoms with Gasteiger partial charge in [0.05, 0.1) is 23.8 Å². The van der Waals surface area contributed by atoms with Crippen LogP contribution in [0.25, 0.3) is 21.9 Å². The van der Waals surface area contributed by atoms with E-state index in [1.807, 2.05) is 24.3 Å². The van der Waals surface area contributed by atoms with Crippen LogP contribution < -0.4 is 5.32 Å². The highest BCUT2D eigenvalue weighted by molar-refractivity contribution is 6.02. The Morgan fingerprint density at radius 3 is 2.96 bits per heavy atom. The van der Waals surface area contributed by atoms with Gasteiger partial charge in [0.25, 0.3) is 0 Å². The molecule has 24 heavy (non-hydrogen) atoms. The van der Waals surface area contributed by atoms with E-state index in [-0.39, 0.29) is 0 Å². The number of pyridine rings is 1. The summed E-state index contributed by atoms with van der Waals surface area (Å²) in [7, 11) is 1.67. The summed E-state index contributed by atoms with van der Waals surface area (Å²) in [5.74, 6) is 0.931. The second-order valence-corrected chi connectivity index (χ2v) is 5.52. The van der Waals surface area contributed by atoms with Crippen molar-refractivity contribution in [2.75, 3.05) is 20.3 Å². The fourth-order valence-corrected chi connectivity index (χ4v) is 2.87. The van der Waals surface area contributed by atoms with Crippen LogP contribution in [0.5, 0.6) is 0 Å². The van der Waals surface area contributed by atoms with Gasteiger partial charge in [0.1, 0.15) is 11.3 Å². The molecule has 0 aliphatic carbocycles. The summed E-state index contributed by atoms with van der Waals surface area (Å²) in [5.41, 5.74) is 2.82. The molecule has 0 aliphatic rings. The molecular formula is C17H20N4O3. The Labute approximate surface area is 139 Å². The molecular weight excluding hydrogens is 308 g/mol. The first kappa shape index (κ1) is 16.2. The number of nitrogens with one attached hydrogen (secondary N) is 1. The Morgan fingerprint density at radius 2 is 2.17 bits per heavy atom. The highest BCUT2D eigenvalue weighted by atomic mass is 16.5. The van der Waals surface area contributed by atoms with Crippen molar-refractivity contribution in [3.05, 3.63) is 36.3 Å². The van der Waals surface area contributed by atoms with Gasteiger partial charge in [-0.15, -0.1) is 0 Å². The number of rotatable bonds is 7. The Bertz CT molecular complexity index is 860. The molecule has 3 aromatic rings. The summed E-state index contributed by atoms with van der Waals surface area (Å²) < 4.78 is 7.34. The summed E-state index contributed by atoms with van der Waals surface area (Å²) in [6, 6.07) is 7.97. The zero-order chi connectivity index (χ0) is 16.9. The molecule has 0 bridgehead atoms. The molecule has 1 amide bonds. The molecule has 3 rings (SSSR count). The monoisotopic (exact) mass is 328 g/mol. The Balaban J connectivity index is 2.00. The van der Waals surface area contributed by atoms with Gasteiger partial charge in [-0.1, -0.05) is 18.2 Å². The first-order chi connectivity index (χ1) is 11.7. The predicted molar refractivity (Wildman–Crippen MR) is 91.3 cm³/mol. The molecule has 0 unspecified atom stereocenters. The van der Waals surface area contributed by atoms with E-state index in [9.17, 15) is 4.79 Å². The predicted octanol–water partition coefficient (Wildman–Crippen LogP) is 2.43. The molecule has 2 heterocycles. The van der Waals surface area contributed by atoms with Gasteiger partial charge < -0.3 is 19.7 Å². The van der Waals surface area contributed by atoms with E-state index in [1.165, 1.54) is 0 Å². The third-order valence-corrected chi connectivity index (χ3v) is 3.92. The van der Waals surface area contributed by atoms with Crippen LogP contribution in [0.3, 0.4) is 0 Å². The molecule has 2 aromatic heterocycles. The van der Waals surface area contributed by atoms with E-state index in [4.69, 9.17) is 14.8 Å². The maximum absolute atomic E-state index is 10.6. The first-order valence-electron chi connectivity index (χ1n) is 7.89. The SMILES string of the molecule is COCCc1nc2cnc3ccccc3c2n1CCCNC(=O)O. The number of imidazole rings is 1. The van der Waals surface area contributed by atoms with Crippen LogP contribution in [0.15, 0.2) is 30.5 Å². The maximum atomic E-state index is 10.6. The van der Waals surface area contributed by atoms with Crippen molar-refractivity contribution >= 4 is 28.0 Å². The first-order valence-corrected chi connectivity index (χ1v) is 7.89. The van der Waals surface area contributed by atoms with Crippen LogP contribution in [0.1, 0.15) is 12.2 Å². The number of para-hydroxylation sites is 1. The number of hydrogen-bond donors (Lipinski definition) is 2. The Kier molecular flexibility index (Phi) is 4.90. The number of methoxy groups -OCH3 is 1. The van der Waals surface area contributed by atoms with Crippen molar-refractivity contribution in [2.45, 2.75) is 19.4 Å². The number of amides is 1. The smallest absolute Gasteiger partial charge is 0.404 e. The molecule has 0 radical (unpaired) electrons. The number of fused-ring (bicyclic) bond motifs is 3. The lowest BCUT2D eigenvalue weighted by atomic mass is 10.2. The van der Waals surface area contributed by atoms with Crippen molar-refractivity contribution in [1.82, 2.24) is 19.9 Å². The largest absolute Gasteiger partial charge is 0.465 e. The van der Waals surface area contributed by atoms with Crippen LogP contribution >= 0.6 is 0 Å². The van der Waals surface area contributed by atoms with Gasteiger partial charge in [0, 0.05) is 32.0 Å². The minimum absolute atomic E-state index is 0.405. The second kappa shape index (κ2) is 7.27. The van der Waals surface area contributed by atoms with Crippen LogP contribution in [-0.4, -0.2) is 46.0 Å². The number of nitrogens with zero attached hydrogens (tertiary/aromatic N) is 3. The molecule has 0 spiro atoms. The molecule has 2 N–H and O–H groups in total. The minimum atomic E-state index is -1.00. The normalized spacial score (nSPS) is 11.2. The van der Waals surface area contributed by atoms with Gasteiger partial charge in [0.2, 0.25) is 0 Å². The molecule has 126 valence electrons. The molecule has 0 saturated carbocycles. The number of carboxylic acid groups (broad SMARTS) is 1. The van der Waals surface area contributed by atoms with Crippen molar-refractivity contribution < 1.29 is 14.6 Å². The molecule has 7 heteroatoms. The molecule has 1 aromatic carbocycles. The fraction of sp³-hybridized carbons (Fsp3) is 0.353. The number of hydrogen-bond acceptors (Lipinski definition) is 4. The van der Waals surface area contributed by atoms with Gasteiger partial charge in [-0.25, -0.2) is 9.78 Å². The quantitative estimate of drug-likeness (QED) is 0.650. The van der Waals surface area contributed by atoms with Gasteiger partial charge in [-0.05, 0) is 12.5 Å². The van der Waals surface area contributed by atoms with E-state index in [0.29, 0.717) is 32.5 Å². The van der Waals surface area contributed by atoms with E-state index >= 15 is 0 Å². The van der Waals surface area contributed by atoms with E-state index in [1.54, 1.807) is 13.3 Å². The van der Waals surface area contributed by atoms with Gasteiger partial charge in [0.15, 0.2) is 0 Å². The second-order valence-electron chi connectivity index (χ2n) is 5.52. The topological polar surface area (TPSA) is 89.3 Å². The zero-order valence-corrected chi connectivity index (χ0v) is 13.5. The summed E-state index contributed by atoms with van der Waals surface area (Å²) in [6.45, 7) is 1.67. The molecule has 7 nitrogen and oxygen atoms in total. The summed E-state index contributed by atoms with van der Waals surface area (Å²) in [4.78, 5) is 19.8. The average Bonchev–Trinajstić information content (AvgIpc) is 2.94. The van der Waals surface area contributed by atoms with Crippen LogP contribution in [0, 0.1) is 0 Å². The lowest BCUT2D eigenvalue weighted by Gasteiger charge is -2.10. The lowest BCUT2D eigenvalue weighted by Crippen LogP contribution is -2.23. The summed E-state index contributed by atoms with van der Waals surface area (Å²) in [5, 5.41) is 12.2. The number of aromatic nitrogens is 3. The number of aryl methyl sites for hydroxylation is 1. The average molecular weight is 328 g/mol. The standard InChI is InChI=1S/C17H20N4O3/c1-24-10-7-15-20-14-11-19-13-6-3-2-5-12(13)16(14)21(15)9-4-8-18-17(22)23/h2-3,5-6,11,18H,4,7-10H2,1H3,(H,22,23).